The molecule has 1 heterocycles. The molecule has 0 bridgehead atoms. The van der Waals surface area contributed by atoms with Gasteiger partial charge >= 0.3 is 0 Å². The van der Waals surface area contributed by atoms with Gasteiger partial charge in [0.2, 0.25) is 0 Å². The Morgan fingerprint density at radius 3 is 1.60 bits per heavy atom. The zero-order chi connectivity index (χ0) is 49.7. The van der Waals surface area contributed by atoms with E-state index in [1.54, 1.807) is 4.90 Å². The summed E-state index contributed by atoms with van der Waals surface area (Å²) in [6.07, 6.45) is 0. The van der Waals surface area contributed by atoms with Gasteiger partial charge in [-0.25, -0.2) is 0 Å². The summed E-state index contributed by atoms with van der Waals surface area (Å²) in [5.41, 5.74) is 3.49. The summed E-state index contributed by atoms with van der Waals surface area (Å²) in [6.45, 7) is 0. The van der Waals surface area contributed by atoms with Gasteiger partial charge in [-0.1, -0.05) is 176 Å². The lowest BCUT2D eigenvalue weighted by Crippen LogP contribution is -2.10. The van der Waals surface area contributed by atoms with Gasteiger partial charge in [0.1, 0.15) is 11.2 Å². The summed E-state index contributed by atoms with van der Waals surface area (Å²) in [7, 11) is 0. The smallest absolute Gasteiger partial charge is 0.143 e. The molecule has 0 fully saturated rings. The second-order valence-electron chi connectivity index (χ2n) is 13.9. The van der Waals surface area contributed by atoms with Gasteiger partial charge in [-0.3, -0.25) is 0 Å². The van der Waals surface area contributed by atoms with Gasteiger partial charge in [-0.2, -0.15) is 0 Å². The van der Waals surface area contributed by atoms with Crippen LogP contribution in [-0.4, -0.2) is 0 Å². The Balaban J connectivity index is 1.13. The zero-order valence-electron chi connectivity index (χ0n) is 43.7. The van der Waals surface area contributed by atoms with Crippen molar-refractivity contribution in [2.45, 2.75) is 0 Å². The summed E-state index contributed by atoms with van der Waals surface area (Å²) in [6, 6.07) is 38.0. The maximum absolute atomic E-state index is 9.72. The van der Waals surface area contributed by atoms with Crippen LogP contribution in [0.1, 0.15) is 17.8 Å². The van der Waals surface area contributed by atoms with E-state index in [9.17, 15) is 5.48 Å². The molecule has 0 saturated carbocycles. The lowest BCUT2D eigenvalue weighted by Gasteiger charge is -2.27. The lowest BCUT2D eigenvalue weighted by atomic mass is 9.96. The van der Waals surface area contributed by atoms with Crippen LogP contribution in [0.3, 0.4) is 0 Å². The average molecular weight is 753 g/mol. The minimum Gasteiger partial charge on any atom is -0.455 e. The van der Waals surface area contributed by atoms with Crippen molar-refractivity contribution >= 4 is 60.5 Å². The molecule has 272 valence electrons. The summed E-state index contributed by atoms with van der Waals surface area (Å²) in [4.78, 5) is 1.65. The molecule has 0 atom stereocenters. The van der Waals surface area contributed by atoms with E-state index in [4.69, 9.17) is 16.8 Å². The number of furan rings is 1. The fourth-order valence-electron chi connectivity index (χ4n) is 7.78. The molecule has 11 aromatic rings. The molecule has 0 aliphatic heterocycles. The number of rotatable bonds is 7. The Hall–Kier alpha value is -7.68. The van der Waals surface area contributed by atoms with Crippen LogP contribution in [0.5, 0.6) is 0 Å². The van der Waals surface area contributed by atoms with Crippen molar-refractivity contribution in [1.29, 1.82) is 0 Å². The van der Waals surface area contributed by atoms with Crippen LogP contribution in [0.25, 0.3) is 88.0 Å². The van der Waals surface area contributed by atoms with Crippen LogP contribution < -0.4 is 4.90 Å². The van der Waals surface area contributed by atoms with Gasteiger partial charge in [0.25, 0.3) is 0 Å². The standard InChI is InChI=1S/C56H37NO/c1-2-12-38(13-3-1)39-26-28-40(29-27-39)41-30-33-46(34-31-41)57(47-19-8-17-44(36-47)50-23-10-16-42-14-4-6-21-49(42)50)48-20-9-18-45(37-48)51-24-11-25-54-55(51)53-35-32-43-15-5-7-22-52(43)56(53)58-54/h1-37H/i1D,2D,3D,12D,13D,26D,27D,28D,29D,30D,31D,33D,34D. The van der Waals surface area contributed by atoms with Gasteiger partial charge < -0.3 is 9.32 Å². The van der Waals surface area contributed by atoms with E-state index in [0.717, 1.165) is 60.2 Å². The molecule has 58 heavy (non-hydrogen) atoms. The highest BCUT2D eigenvalue weighted by molar-refractivity contribution is 6.19. The third-order valence-electron chi connectivity index (χ3n) is 10.5. The second-order valence-corrected chi connectivity index (χ2v) is 13.9. The zero-order valence-corrected chi connectivity index (χ0v) is 30.7. The van der Waals surface area contributed by atoms with Crippen molar-refractivity contribution in [2.75, 3.05) is 4.90 Å². The SMILES string of the molecule is [2H]c1c([2H])c([2H])c(-c2c([2H])c([2H])c(-c3c([2H])c([2H])c(N(c4cccc(-c5cccc6ccccc56)c4)c4cccc(-c5cccc6oc7c8ccccc8ccc7c56)c4)c([2H])c3[2H])c([2H])c2[2H])c([2H])c1[2H]. The average Bonchev–Trinajstić information content (AvgIpc) is 3.79. The van der Waals surface area contributed by atoms with Crippen LogP contribution in [-0.2, 0) is 0 Å². The number of anilines is 3. The molecule has 10 aromatic carbocycles. The summed E-state index contributed by atoms with van der Waals surface area (Å²) < 4.78 is 123. The van der Waals surface area contributed by atoms with E-state index in [2.05, 4.69) is 12.1 Å². The van der Waals surface area contributed by atoms with E-state index >= 15 is 0 Å². The second kappa shape index (κ2) is 14.1. The topological polar surface area (TPSA) is 16.4 Å². The Bertz CT molecular complexity index is 3980. The molecule has 0 radical (unpaired) electrons. The predicted octanol–water partition coefficient (Wildman–Crippen LogP) is 16.0. The molecule has 11 rings (SSSR count). The van der Waals surface area contributed by atoms with Crippen LogP contribution in [0.4, 0.5) is 17.1 Å². The van der Waals surface area contributed by atoms with E-state index in [1.807, 2.05) is 133 Å². The summed E-state index contributed by atoms with van der Waals surface area (Å²) in [5, 5.41) is 5.85. The lowest BCUT2D eigenvalue weighted by molar-refractivity contribution is 0.673. The number of fused-ring (bicyclic) bond motifs is 6. The van der Waals surface area contributed by atoms with E-state index in [0.29, 0.717) is 17.0 Å². The van der Waals surface area contributed by atoms with Crippen LogP contribution in [0.15, 0.2) is 229 Å². The maximum Gasteiger partial charge on any atom is 0.143 e. The fraction of sp³-hybridized carbons (Fsp3) is 0. The molecule has 0 saturated heterocycles. The first-order valence-electron chi connectivity index (χ1n) is 25.3. The van der Waals surface area contributed by atoms with E-state index in [1.165, 1.54) is 0 Å². The number of hydrogen-bond donors (Lipinski definition) is 0. The third-order valence-corrected chi connectivity index (χ3v) is 10.5. The highest BCUT2D eigenvalue weighted by Gasteiger charge is 2.18. The minimum atomic E-state index is -0.780. The molecule has 0 spiro atoms. The van der Waals surface area contributed by atoms with Gasteiger partial charge in [0.05, 0.1) is 17.8 Å². The van der Waals surface area contributed by atoms with Gasteiger partial charge in [-0.05, 0) is 109 Å². The first-order chi connectivity index (χ1) is 34.2. The number of benzene rings is 10. The normalized spacial score (nSPS) is 14.6. The van der Waals surface area contributed by atoms with E-state index < -0.39 is 101 Å². The monoisotopic (exact) mass is 752 g/mol. The largest absolute Gasteiger partial charge is 0.455 e. The first-order valence-corrected chi connectivity index (χ1v) is 18.8. The molecule has 0 amide bonds. The molecular formula is C56H37NO. The number of hydrogen-bond acceptors (Lipinski definition) is 2. The number of nitrogens with zero attached hydrogens (tertiary/aromatic N) is 1. The Morgan fingerprint density at radius 1 is 0.362 bits per heavy atom. The molecule has 0 N–H and O–H groups in total. The van der Waals surface area contributed by atoms with Crippen molar-refractivity contribution in [3.63, 3.8) is 0 Å². The molecule has 0 unspecified atom stereocenters. The minimum absolute atomic E-state index is 0.152. The molecule has 2 heteroatoms. The van der Waals surface area contributed by atoms with Crippen molar-refractivity contribution in [3.05, 3.63) is 224 Å². The summed E-state index contributed by atoms with van der Waals surface area (Å²) in [5.74, 6) is 0. The Morgan fingerprint density at radius 2 is 0.897 bits per heavy atom. The fourth-order valence-corrected chi connectivity index (χ4v) is 7.78. The molecule has 2 nitrogen and oxygen atoms in total. The van der Waals surface area contributed by atoms with Crippen molar-refractivity contribution in [1.82, 2.24) is 0 Å². The third kappa shape index (κ3) is 5.91. The molecule has 1 aromatic heterocycles. The maximum atomic E-state index is 9.72. The van der Waals surface area contributed by atoms with Crippen molar-refractivity contribution in [3.8, 4) is 44.5 Å². The molecular weight excluding hydrogens is 703 g/mol. The highest BCUT2D eigenvalue weighted by atomic mass is 16.3. The summed E-state index contributed by atoms with van der Waals surface area (Å²) >= 11 is 0. The van der Waals surface area contributed by atoms with Crippen LogP contribution in [0.2, 0.25) is 0 Å². The van der Waals surface area contributed by atoms with Crippen molar-refractivity contribution < 1.29 is 22.2 Å². The first kappa shape index (κ1) is 22.8. The molecule has 0 aliphatic rings. The van der Waals surface area contributed by atoms with Crippen LogP contribution in [0, 0.1) is 0 Å². The quantitative estimate of drug-likeness (QED) is 0.161. The predicted molar refractivity (Wildman–Crippen MR) is 245 cm³/mol. The van der Waals surface area contributed by atoms with Crippen LogP contribution >= 0.6 is 0 Å². The Kier molecular flexibility index (Phi) is 5.54. The highest BCUT2D eigenvalue weighted by Crippen LogP contribution is 2.43. The van der Waals surface area contributed by atoms with Gasteiger partial charge in [0, 0.05) is 33.2 Å². The van der Waals surface area contributed by atoms with Crippen molar-refractivity contribution in [2.24, 2.45) is 0 Å². The Labute approximate surface area is 355 Å². The molecule has 0 aliphatic carbocycles. The van der Waals surface area contributed by atoms with E-state index in [-0.39, 0.29) is 5.69 Å². The van der Waals surface area contributed by atoms with Gasteiger partial charge in [-0.15, -0.1) is 0 Å². The van der Waals surface area contributed by atoms with Gasteiger partial charge in [0.15, 0.2) is 0 Å².